The molecule has 0 aliphatic carbocycles. The number of amides is 1. The highest BCUT2D eigenvalue weighted by molar-refractivity contribution is 7.89. The number of nitrogens with zero attached hydrogens (tertiary/aromatic N) is 2. The monoisotopic (exact) mass is 267 g/mol. The average Bonchev–Trinajstić information content (AvgIpc) is 2.29. The van der Waals surface area contributed by atoms with Crippen LogP contribution in [0.25, 0.3) is 0 Å². The number of carbonyl (C=O) groups is 1. The first kappa shape index (κ1) is 13.6. The number of hydrogen-bond donors (Lipinski definition) is 3. The van der Waals surface area contributed by atoms with Crippen molar-refractivity contribution in [3.63, 3.8) is 0 Å². The zero-order chi connectivity index (χ0) is 13.8. The molecule has 0 bridgehead atoms. The van der Waals surface area contributed by atoms with Crippen LogP contribution in [0.5, 0.6) is 0 Å². The summed E-state index contributed by atoms with van der Waals surface area (Å²) in [6.45, 7) is 0. The van der Waals surface area contributed by atoms with Gasteiger partial charge in [0.2, 0.25) is 15.7 Å². The van der Waals surface area contributed by atoms with Gasteiger partial charge in [0.05, 0.1) is 10.6 Å². The normalized spacial score (nSPS) is 11.7. The minimum Gasteiger partial charge on any atom is -0.364 e. The van der Waals surface area contributed by atoms with Crippen molar-refractivity contribution < 1.29 is 13.2 Å². The highest BCUT2D eigenvalue weighted by Crippen LogP contribution is 2.12. The molecule has 5 N–H and O–H groups in total. The Morgan fingerprint density at radius 1 is 1.33 bits per heavy atom. The zero-order valence-corrected chi connectivity index (χ0v) is 9.81. The highest BCUT2D eigenvalue weighted by Gasteiger charge is 2.07. The van der Waals surface area contributed by atoms with Gasteiger partial charge in [0.1, 0.15) is 6.07 Å². The number of primary sulfonamides is 1. The number of rotatable bonds is 4. The van der Waals surface area contributed by atoms with E-state index in [0.29, 0.717) is 5.69 Å². The Morgan fingerprint density at radius 2 is 1.89 bits per heavy atom. The van der Waals surface area contributed by atoms with Gasteiger partial charge in [-0.05, 0) is 24.3 Å². The van der Waals surface area contributed by atoms with Gasteiger partial charge in [-0.2, -0.15) is 10.4 Å². The third-order valence-corrected chi connectivity index (χ3v) is 2.75. The topological polar surface area (TPSA) is 151 Å². The van der Waals surface area contributed by atoms with E-state index in [1.807, 2.05) is 0 Å². The number of nitriles is 1. The van der Waals surface area contributed by atoms with Gasteiger partial charge in [0.25, 0.3) is 5.91 Å². The molecular formula is C9H9N5O3S. The van der Waals surface area contributed by atoms with Crippen LogP contribution in [0.15, 0.2) is 34.3 Å². The highest BCUT2D eigenvalue weighted by atomic mass is 32.2. The summed E-state index contributed by atoms with van der Waals surface area (Å²) in [7, 11) is -3.76. The quantitative estimate of drug-likeness (QED) is 0.477. The van der Waals surface area contributed by atoms with Gasteiger partial charge in [-0.15, -0.1) is 0 Å². The summed E-state index contributed by atoms with van der Waals surface area (Å²) < 4.78 is 21.9. The number of anilines is 1. The summed E-state index contributed by atoms with van der Waals surface area (Å²) >= 11 is 0. The van der Waals surface area contributed by atoms with E-state index >= 15 is 0 Å². The van der Waals surface area contributed by atoms with E-state index in [1.165, 1.54) is 30.3 Å². The van der Waals surface area contributed by atoms with Crippen LogP contribution < -0.4 is 16.3 Å². The number of hydrogen-bond acceptors (Lipinski definition) is 6. The number of carbonyl (C=O) groups excluding carboxylic acids is 1. The third-order valence-electron chi connectivity index (χ3n) is 1.82. The van der Waals surface area contributed by atoms with Crippen molar-refractivity contribution in [3.8, 4) is 6.07 Å². The van der Waals surface area contributed by atoms with Gasteiger partial charge >= 0.3 is 0 Å². The molecule has 0 atom stereocenters. The Balaban J connectivity index is 2.89. The van der Waals surface area contributed by atoms with Gasteiger partial charge in [0, 0.05) is 0 Å². The van der Waals surface area contributed by atoms with Crippen molar-refractivity contribution in [3.05, 3.63) is 24.3 Å². The lowest BCUT2D eigenvalue weighted by Crippen LogP contribution is -2.22. The summed E-state index contributed by atoms with van der Waals surface area (Å²) in [5.74, 6) is -0.967. The number of benzene rings is 1. The van der Waals surface area contributed by atoms with E-state index in [-0.39, 0.29) is 4.90 Å². The molecule has 0 aliphatic heterocycles. The van der Waals surface area contributed by atoms with Crippen LogP contribution in [0.3, 0.4) is 0 Å². The predicted octanol–water partition coefficient (Wildman–Crippen LogP) is -0.889. The Hall–Kier alpha value is -2.44. The van der Waals surface area contributed by atoms with E-state index in [0.717, 1.165) is 0 Å². The molecule has 18 heavy (non-hydrogen) atoms. The molecule has 1 amide bonds. The molecular weight excluding hydrogens is 258 g/mol. The van der Waals surface area contributed by atoms with Crippen LogP contribution in [-0.4, -0.2) is 20.0 Å². The minimum atomic E-state index is -3.76. The van der Waals surface area contributed by atoms with E-state index in [2.05, 4.69) is 10.5 Å². The van der Waals surface area contributed by atoms with Crippen molar-refractivity contribution in [2.24, 2.45) is 16.0 Å². The number of hydrazone groups is 1. The van der Waals surface area contributed by atoms with E-state index in [4.69, 9.17) is 16.1 Å². The Bertz CT molecular complexity index is 627. The van der Waals surface area contributed by atoms with E-state index < -0.39 is 21.6 Å². The molecule has 94 valence electrons. The molecule has 0 radical (unpaired) electrons. The fraction of sp³-hybridized carbons (Fsp3) is 0. The second-order valence-corrected chi connectivity index (χ2v) is 4.68. The van der Waals surface area contributed by atoms with Crippen LogP contribution in [-0.2, 0) is 14.8 Å². The molecule has 1 aromatic carbocycles. The van der Waals surface area contributed by atoms with Gasteiger partial charge in [-0.3, -0.25) is 10.2 Å². The smallest absolute Gasteiger partial charge is 0.280 e. The Kier molecular flexibility index (Phi) is 3.98. The molecule has 0 saturated carbocycles. The van der Waals surface area contributed by atoms with E-state index in [9.17, 15) is 13.2 Å². The molecule has 0 heterocycles. The molecule has 0 spiro atoms. The van der Waals surface area contributed by atoms with Gasteiger partial charge in [0.15, 0.2) is 0 Å². The van der Waals surface area contributed by atoms with Crippen LogP contribution in [0.2, 0.25) is 0 Å². The summed E-state index contributed by atoms with van der Waals surface area (Å²) in [6.07, 6.45) is 0. The molecule has 0 saturated heterocycles. The average molecular weight is 267 g/mol. The Labute approximate surface area is 103 Å². The molecule has 0 unspecified atom stereocenters. The van der Waals surface area contributed by atoms with Gasteiger partial charge in [-0.1, -0.05) is 0 Å². The first-order valence-corrected chi connectivity index (χ1v) is 6.05. The van der Waals surface area contributed by atoms with E-state index in [1.54, 1.807) is 0 Å². The largest absolute Gasteiger partial charge is 0.364 e. The third kappa shape index (κ3) is 3.55. The van der Waals surface area contributed by atoms with Crippen molar-refractivity contribution >= 4 is 27.3 Å². The van der Waals surface area contributed by atoms with Crippen LogP contribution in [0.1, 0.15) is 0 Å². The number of primary amides is 1. The lowest BCUT2D eigenvalue weighted by atomic mass is 10.3. The molecule has 9 heteroatoms. The maximum atomic E-state index is 11.0. The minimum absolute atomic E-state index is 0.0626. The van der Waals surface area contributed by atoms with Crippen molar-refractivity contribution in [2.75, 3.05) is 5.43 Å². The Morgan fingerprint density at radius 3 is 2.28 bits per heavy atom. The lowest BCUT2D eigenvalue weighted by molar-refractivity contribution is -0.111. The SMILES string of the molecule is N#C/C(=N/Nc1ccc(S(N)(=O)=O)cc1)C(N)=O. The second kappa shape index (κ2) is 5.26. The molecule has 1 rings (SSSR count). The number of sulfonamides is 1. The van der Waals surface area contributed by atoms with Gasteiger partial charge in [-0.25, -0.2) is 13.6 Å². The number of nitrogens with one attached hydrogen (secondary N) is 1. The second-order valence-electron chi connectivity index (χ2n) is 3.12. The summed E-state index contributed by atoms with van der Waals surface area (Å²) in [5, 5.41) is 16.9. The molecule has 0 fully saturated rings. The first-order chi connectivity index (χ1) is 8.34. The standard InChI is InChI=1S/C9H9N5O3S/c10-5-8(9(11)15)14-13-6-1-3-7(4-2-6)18(12,16)17/h1-4,13H,(H2,11,15)(H2,12,16,17)/b14-8-. The summed E-state index contributed by atoms with van der Waals surface area (Å²) in [6, 6.07) is 6.76. The van der Waals surface area contributed by atoms with Crippen molar-refractivity contribution in [1.29, 1.82) is 5.26 Å². The first-order valence-electron chi connectivity index (χ1n) is 4.51. The van der Waals surface area contributed by atoms with Crippen molar-refractivity contribution in [1.82, 2.24) is 0 Å². The number of nitrogens with two attached hydrogens (primary N) is 2. The lowest BCUT2D eigenvalue weighted by Gasteiger charge is -2.02. The van der Waals surface area contributed by atoms with Crippen LogP contribution in [0, 0.1) is 11.3 Å². The molecule has 1 aromatic rings. The maximum Gasteiger partial charge on any atom is 0.280 e. The maximum absolute atomic E-state index is 11.0. The molecule has 0 aromatic heterocycles. The summed E-state index contributed by atoms with van der Waals surface area (Å²) in [5.41, 5.74) is 7.13. The molecule has 0 aliphatic rings. The van der Waals surface area contributed by atoms with Crippen LogP contribution >= 0.6 is 0 Å². The fourth-order valence-electron chi connectivity index (χ4n) is 0.975. The van der Waals surface area contributed by atoms with Crippen molar-refractivity contribution in [2.45, 2.75) is 4.90 Å². The van der Waals surface area contributed by atoms with Crippen LogP contribution in [0.4, 0.5) is 5.69 Å². The zero-order valence-electron chi connectivity index (χ0n) is 8.99. The van der Waals surface area contributed by atoms with Gasteiger partial charge < -0.3 is 5.73 Å². The summed E-state index contributed by atoms with van der Waals surface area (Å²) in [4.78, 5) is 10.6. The fourth-order valence-corrected chi connectivity index (χ4v) is 1.49. The predicted molar refractivity (Wildman–Crippen MR) is 63.7 cm³/mol. The molecule has 8 nitrogen and oxygen atoms in total.